The highest BCUT2D eigenvalue weighted by atomic mass is 19.1. The van der Waals surface area contributed by atoms with Crippen LogP contribution in [-0.4, -0.2) is 53.3 Å². The van der Waals surface area contributed by atoms with Crippen LogP contribution >= 0.6 is 0 Å². The number of nitrogens with zero attached hydrogens (tertiary/aromatic N) is 2. The van der Waals surface area contributed by atoms with E-state index in [0.29, 0.717) is 38.1 Å². The van der Waals surface area contributed by atoms with Crippen LogP contribution in [0.3, 0.4) is 0 Å². The second-order valence-electron chi connectivity index (χ2n) is 12.9. The number of methoxy groups -OCH3 is 1. The summed E-state index contributed by atoms with van der Waals surface area (Å²) in [5, 5.41) is 0. The van der Waals surface area contributed by atoms with Crippen molar-refractivity contribution in [3.05, 3.63) is 84.0 Å². The lowest BCUT2D eigenvalue weighted by Gasteiger charge is -2.48. The van der Waals surface area contributed by atoms with Crippen LogP contribution < -0.4 is 5.73 Å². The van der Waals surface area contributed by atoms with Gasteiger partial charge in [0.1, 0.15) is 5.60 Å². The molecular formula is C34H42FN3O4. The number of hydrogen-bond donors (Lipinski definition) is 1. The third-order valence-electron chi connectivity index (χ3n) is 9.11. The number of pyridine rings is 1. The molecule has 5 rings (SSSR count). The summed E-state index contributed by atoms with van der Waals surface area (Å²) in [6, 6.07) is 15.0. The van der Waals surface area contributed by atoms with Crippen LogP contribution in [0.15, 0.2) is 66.8 Å². The number of allylic oxidation sites excluding steroid dienone is 2. The lowest BCUT2D eigenvalue weighted by molar-refractivity contribution is -0.143. The van der Waals surface area contributed by atoms with Gasteiger partial charge in [0.05, 0.1) is 12.1 Å². The molecule has 0 saturated heterocycles. The summed E-state index contributed by atoms with van der Waals surface area (Å²) in [6.45, 7) is 4.60. The molecule has 3 atom stereocenters. The molecule has 3 aliphatic carbocycles. The van der Waals surface area contributed by atoms with Crippen molar-refractivity contribution in [3.63, 3.8) is 0 Å². The average Bonchev–Trinajstić information content (AvgIpc) is 3.63. The first kappa shape index (κ1) is 30.0. The molecule has 224 valence electrons. The Labute approximate surface area is 248 Å². The zero-order chi connectivity index (χ0) is 30.0. The summed E-state index contributed by atoms with van der Waals surface area (Å²) in [5.74, 6) is -0.903. The number of carbonyl (C=O) groups excluding carboxylic acids is 2. The molecule has 1 aromatic heterocycles. The highest BCUT2D eigenvalue weighted by Gasteiger charge is 2.53. The predicted octanol–water partition coefficient (Wildman–Crippen LogP) is 6.41. The SMILES string of the molecule is COCC1(N(CC2(CC(C)(C)OC(N)=O)CCCC2)C(=O)[C@@H]2C[C@H]2c2cccc(F)n2)C=CC(c2ccccc2)=CC1. The van der Waals surface area contributed by atoms with Crippen LogP contribution in [0, 0.1) is 17.3 Å². The highest BCUT2D eigenvalue weighted by Crippen LogP contribution is 2.52. The van der Waals surface area contributed by atoms with Gasteiger partial charge in [-0.2, -0.15) is 4.39 Å². The van der Waals surface area contributed by atoms with Crippen LogP contribution in [0.25, 0.3) is 5.57 Å². The molecule has 2 fully saturated rings. The number of benzene rings is 1. The van der Waals surface area contributed by atoms with Gasteiger partial charge < -0.3 is 20.1 Å². The lowest BCUT2D eigenvalue weighted by Crippen LogP contribution is -2.58. The van der Waals surface area contributed by atoms with Gasteiger partial charge in [-0.25, -0.2) is 9.78 Å². The van der Waals surface area contributed by atoms with Gasteiger partial charge in [-0.1, -0.05) is 67.5 Å². The van der Waals surface area contributed by atoms with E-state index in [9.17, 15) is 14.0 Å². The van der Waals surface area contributed by atoms with E-state index in [2.05, 4.69) is 35.3 Å². The fourth-order valence-electron chi connectivity index (χ4n) is 7.29. The Kier molecular flexibility index (Phi) is 8.56. The molecule has 1 heterocycles. The van der Waals surface area contributed by atoms with Crippen molar-refractivity contribution < 1.29 is 23.5 Å². The standard InChI is InChI=1S/C34H42FN3O4/c1-32(2,42-31(36)40)21-33(16-7-8-17-33)22-38(30(39)27-20-26(27)28-12-9-13-29(35)37-28)34(23-41-3)18-14-25(15-19-34)24-10-5-4-6-11-24/h4-6,9-15,18,26-27H,7-8,16-17,19-23H2,1-3H3,(H2,36,40)/t26-,27-,34?/m1/s1. The number of primary amides is 1. The van der Waals surface area contributed by atoms with Gasteiger partial charge in [-0.05, 0) is 74.6 Å². The predicted molar refractivity (Wildman–Crippen MR) is 160 cm³/mol. The van der Waals surface area contributed by atoms with E-state index >= 15 is 0 Å². The summed E-state index contributed by atoms with van der Waals surface area (Å²) >= 11 is 0. The number of aromatic nitrogens is 1. The van der Waals surface area contributed by atoms with Gasteiger partial charge >= 0.3 is 6.09 Å². The second-order valence-corrected chi connectivity index (χ2v) is 12.9. The van der Waals surface area contributed by atoms with Crippen molar-refractivity contribution in [2.45, 2.75) is 75.9 Å². The number of carbonyl (C=O) groups is 2. The lowest BCUT2D eigenvalue weighted by atomic mass is 9.74. The maximum Gasteiger partial charge on any atom is 0.405 e. The Balaban J connectivity index is 1.49. The molecule has 0 bridgehead atoms. The molecule has 1 unspecified atom stereocenters. The molecule has 0 spiro atoms. The number of ether oxygens (including phenoxy) is 2. The fourth-order valence-corrected chi connectivity index (χ4v) is 7.29. The summed E-state index contributed by atoms with van der Waals surface area (Å²) in [7, 11) is 1.67. The molecule has 1 aromatic carbocycles. The van der Waals surface area contributed by atoms with Gasteiger partial charge in [0.25, 0.3) is 0 Å². The molecular weight excluding hydrogens is 533 g/mol. The fraction of sp³-hybridized carbons (Fsp3) is 0.500. The molecule has 2 amide bonds. The zero-order valence-electron chi connectivity index (χ0n) is 24.9. The Morgan fingerprint density at radius 2 is 1.86 bits per heavy atom. The topological polar surface area (TPSA) is 94.7 Å². The van der Waals surface area contributed by atoms with Crippen molar-refractivity contribution in [1.82, 2.24) is 9.88 Å². The van der Waals surface area contributed by atoms with Crippen molar-refractivity contribution in [1.29, 1.82) is 0 Å². The number of nitrogens with two attached hydrogens (primary N) is 1. The van der Waals surface area contributed by atoms with E-state index in [1.807, 2.05) is 36.9 Å². The van der Waals surface area contributed by atoms with Crippen LogP contribution in [0.1, 0.15) is 76.0 Å². The van der Waals surface area contributed by atoms with Crippen LogP contribution in [0.2, 0.25) is 0 Å². The summed E-state index contributed by atoms with van der Waals surface area (Å²) < 4.78 is 25.3. The molecule has 0 aliphatic heterocycles. The van der Waals surface area contributed by atoms with Crippen molar-refractivity contribution in [3.8, 4) is 0 Å². The van der Waals surface area contributed by atoms with E-state index in [0.717, 1.165) is 36.8 Å². The third-order valence-corrected chi connectivity index (χ3v) is 9.11. The normalized spacial score (nSPS) is 24.6. The van der Waals surface area contributed by atoms with Crippen LogP contribution in [0.5, 0.6) is 0 Å². The molecule has 2 saturated carbocycles. The quantitative estimate of drug-likeness (QED) is 0.313. The van der Waals surface area contributed by atoms with E-state index in [1.165, 1.54) is 6.07 Å². The first-order chi connectivity index (χ1) is 20.1. The van der Waals surface area contributed by atoms with Gasteiger partial charge in [-0.3, -0.25) is 4.79 Å². The van der Waals surface area contributed by atoms with Crippen molar-refractivity contribution >= 4 is 17.6 Å². The highest BCUT2D eigenvalue weighted by molar-refractivity contribution is 5.85. The maximum atomic E-state index is 14.6. The first-order valence-electron chi connectivity index (χ1n) is 14.9. The maximum absolute atomic E-state index is 14.6. The first-order valence-corrected chi connectivity index (χ1v) is 14.9. The van der Waals surface area contributed by atoms with E-state index in [-0.39, 0.29) is 23.2 Å². The van der Waals surface area contributed by atoms with Crippen LogP contribution in [-0.2, 0) is 14.3 Å². The largest absolute Gasteiger partial charge is 0.444 e. The summed E-state index contributed by atoms with van der Waals surface area (Å²) in [5.41, 5.74) is 6.53. The Hall–Kier alpha value is -3.52. The summed E-state index contributed by atoms with van der Waals surface area (Å²) in [6.07, 6.45) is 11.3. The van der Waals surface area contributed by atoms with E-state index in [1.54, 1.807) is 19.2 Å². The average molecular weight is 576 g/mol. The van der Waals surface area contributed by atoms with Crippen LogP contribution in [0.4, 0.5) is 9.18 Å². The van der Waals surface area contributed by atoms with Gasteiger partial charge in [0.15, 0.2) is 0 Å². The monoisotopic (exact) mass is 575 g/mol. The van der Waals surface area contributed by atoms with E-state index < -0.39 is 23.2 Å². The Morgan fingerprint density at radius 3 is 2.48 bits per heavy atom. The number of rotatable bonds is 11. The molecule has 8 heteroatoms. The zero-order valence-corrected chi connectivity index (χ0v) is 24.9. The number of halogens is 1. The molecule has 7 nitrogen and oxygen atoms in total. The molecule has 3 aliphatic rings. The molecule has 2 aromatic rings. The molecule has 42 heavy (non-hydrogen) atoms. The minimum atomic E-state index is -0.797. The van der Waals surface area contributed by atoms with Gasteiger partial charge in [0.2, 0.25) is 11.9 Å². The minimum absolute atomic E-state index is 0.0317. The Morgan fingerprint density at radius 1 is 1.12 bits per heavy atom. The molecule has 0 radical (unpaired) electrons. The van der Waals surface area contributed by atoms with Crippen molar-refractivity contribution in [2.24, 2.45) is 17.1 Å². The molecule has 2 N–H and O–H groups in total. The minimum Gasteiger partial charge on any atom is -0.444 e. The number of amides is 2. The number of hydrogen-bond acceptors (Lipinski definition) is 5. The summed E-state index contributed by atoms with van der Waals surface area (Å²) in [4.78, 5) is 32.4. The van der Waals surface area contributed by atoms with Gasteiger partial charge in [0, 0.05) is 31.2 Å². The van der Waals surface area contributed by atoms with Crippen molar-refractivity contribution in [2.75, 3.05) is 20.3 Å². The smallest absolute Gasteiger partial charge is 0.405 e. The second kappa shape index (κ2) is 12.0. The Bertz CT molecular complexity index is 1350. The van der Waals surface area contributed by atoms with E-state index in [4.69, 9.17) is 15.2 Å². The third kappa shape index (κ3) is 6.59. The van der Waals surface area contributed by atoms with Gasteiger partial charge in [-0.15, -0.1) is 0 Å².